The molecule has 0 bridgehead atoms. The molecule has 0 aliphatic rings. The van der Waals surface area contributed by atoms with Crippen molar-refractivity contribution in [1.82, 2.24) is 4.98 Å². The summed E-state index contributed by atoms with van der Waals surface area (Å²) in [4.78, 5) is 26.1. The van der Waals surface area contributed by atoms with E-state index in [1.807, 2.05) is 6.92 Å². The first kappa shape index (κ1) is 13.3. The molecular weight excluding hydrogens is 270 g/mol. The molecule has 0 saturated heterocycles. The fourth-order valence-corrected chi connectivity index (χ4v) is 2.62. The molecule has 7 heteroatoms. The van der Waals surface area contributed by atoms with Crippen molar-refractivity contribution in [3.8, 4) is 0 Å². The quantitative estimate of drug-likeness (QED) is 0.872. The first-order valence-corrected chi connectivity index (χ1v) is 6.36. The maximum Gasteiger partial charge on any atom is 0.371 e. The summed E-state index contributed by atoms with van der Waals surface area (Å²) in [6.45, 7) is 1.83. The second kappa shape index (κ2) is 5.23. The number of carboxylic acids is 2. The van der Waals surface area contributed by atoms with Crippen LogP contribution in [0.15, 0.2) is 16.5 Å². The van der Waals surface area contributed by atoms with Gasteiger partial charge in [0.25, 0.3) is 0 Å². The van der Waals surface area contributed by atoms with Crippen LogP contribution in [-0.2, 0) is 12.8 Å². The van der Waals surface area contributed by atoms with E-state index in [9.17, 15) is 9.59 Å². The summed E-state index contributed by atoms with van der Waals surface area (Å²) in [5.74, 6) is -1.82. The van der Waals surface area contributed by atoms with E-state index in [0.29, 0.717) is 22.9 Å². The third kappa shape index (κ3) is 2.82. The molecule has 0 aromatic carbocycles. The van der Waals surface area contributed by atoms with Crippen molar-refractivity contribution in [2.24, 2.45) is 0 Å². The second-order valence-electron chi connectivity index (χ2n) is 3.79. The molecule has 0 fully saturated rings. The summed E-state index contributed by atoms with van der Waals surface area (Å²) in [5.41, 5.74) is 0.539. The highest BCUT2D eigenvalue weighted by atomic mass is 32.1. The Kier molecular flexibility index (Phi) is 3.66. The normalized spacial score (nSPS) is 10.6. The zero-order valence-electron chi connectivity index (χ0n) is 10.0. The van der Waals surface area contributed by atoms with Crippen LogP contribution < -0.4 is 0 Å². The molecule has 0 aliphatic heterocycles. The molecule has 2 rings (SSSR count). The Morgan fingerprint density at radius 1 is 1.32 bits per heavy atom. The van der Waals surface area contributed by atoms with Crippen LogP contribution in [0, 0.1) is 0 Å². The lowest BCUT2D eigenvalue weighted by molar-refractivity contribution is 0.0658. The number of rotatable bonds is 5. The van der Waals surface area contributed by atoms with E-state index in [1.54, 1.807) is 6.07 Å². The predicted molar refractivity (Wildman–Crippen MR) is 66.9 cm³/mol. The van der Waals surface area contributed by atoms with Crippen LogP contribution in [0.3, 0.4) is 0 Å². The van der Waals surface area contributed by atoms with E-state index in [2.05, 4.69) is 4.98 Å². The summed E-state index contributed by atoms with van der Waals surface area (Å²) in [5, 5.41) is 18.4. The third-order valence-corrected chi connectivity index (χ3v) is 3.55. The Bertz CT molecular complexity index is 628. The topological polar surface area (TPSA) is 101 Å². The number of hydrogen-bond donors (Lipinski definition) is 2. The maximum absolute atomic E-state index is 11.0. The van der Waals surface area contributed by atoms with Crippen LogP contribution >= 0.6 is 11.3 Å². The summed E-state index contributed by atoms with van der Waals surface area (Å²) < 4.78 is 5.11. The largest absolute Gasteiger partial charge is 0.477 e. The Hall–Kier alpha value is -2.15. The Morgan fingerprint density at radius 2 is 2.05 bits per heavy atom. The molecule has 2 aromatic rings. The van der Waals surface area contributed by atoms with E-state index >= 15 is 0 Å². The number of hydrogen-bond acceptors (Lipinski definition) is 5. The lowest BCUT2D eigenvalue weighted by Gasteiger charge is -1.91. The minimum Gasteiger partial charge on any atom is -0.477 e. The fourth-order valence-electron chi connectivity index (χ4n) is 1.62. The smallest absolute Gasteiger partial charge is 0.371 e. The average molecular weight is 281 g/mol. The standard InChI is InChI=1S/C12H11NO5S/c1-2-7-10(12(16)17)19-9(13-7)5-6-3-4-8(18-6)11(14)15/h3-4H,2,5H2,1H3,(H,14,15)(H,16,17). The Labute approximate surface area is 112 Å². The van der Waals surface area contributed by atoms with Gasteiger partial charge in [0.05, 0.1) is 12.1 Å². The minimum atomic E-state index is -1.13. The Morgan fingerprint density at radius 3 is 2.53 bits per heavy atom. The number of aromatic carboxylic acids is 2. The van der Waals surface area contributed by atoms with E-state index < -0.39 is 11.9 Å². The number of furan rings is 1. The molecule has 2 heterocycles. The molecule has 0 saturated carbocycles. The van der Waals surface area contributed by atoms with Gasteiger partial charge in [0.1, 0.15) is 15.6 Å². The highest BCUT2D eigenvalue weighted by molar-refractivity contribution is 7.13. The van der Waals surface area contributed by atoms with Crippen LogP contribution in [0.2, 0.25) is 0 Å². The summed E-state index contributed by atoms with van der Waals surface area (Å²) in [7, 11) is 0. The summed E-state index contributed by atoms with van der Waals surface area (Å²) >= 11 is 1.09. The van der Waals surface area contributed by atoms with Crippen molar-refractivity contribution >= 4 is 23.3 Å². The zero-order valence-corrected chi connectivity index (χ0v) is 10.9. The van der Waals surface area contributed by atoms with Crippen molar-refractivity contribution in [3.63, 3.8) is 0 Å². The van der Waals surface area contributed by atoms with Gasteiger partial charge in [0, 0.05) is 0 Å². The fraction of sp³-hybridized carbons (Fsp3) is 0.250. The molecule has 0 unspecified atom stereocenters. The highest BCUT2D eigenvalue weighted by Gasteiger charge is 2.17. The lowest BCUT2D eigenvalue weighted by atomic mass is 10.3. The van der Waals surface area contributed by atoms with Crippen LogP contribution in [0.4, 0.5) is 0 Å². The molecule has 0 amide bonds. The van der Waals surface area contributed by atoms with Gasteiger partial charge in [-0.1, -0.05) is 6.92 Å². The number of thiazole rings is 1. The van der Waals surface area contributed by atoms with Gasteiger partial charge < -0.3 is 14.6 Å². The number of aromatic nitrogens is 1. The summed E-state index contributed by atoms with van der Waals surface area (Å²) in [6, 6.07) is 2.92. The van der Waals surface area contributed by atoms with Crippen molar-refractivity contribution in [2.45, 2.75) is 19.8 Å². The van der Waals surface area contributed by atoms with Crippen molar-refractivity contribution < 1.29 is 24.2 Å². The van der Waals surface area contributed by atoms with Crippen molar-refractivity contribution in [3.05, 3.63) is 39.2 Å². The van der Waals surface area contributed by atoms with Gasteiger partial charge in [-0.2, -0.15) is 0 Å². The molecular formula is C12H11NO5S. The second-order valence-corrected chi connectivity index (χ2v) is 4.87. The molecule has 6 nitrogen and oxygen atoms in total. The molecule has 0 radical (unpaired) electrons. The predicted octanol–water partition coefficient (Wildman–Crippen LogP) is 2.29. The molecule has 0 atom stereocenters. The molecule has 0 aliphatic carbocycles. The molecule has 2 aromatic heterocycles. The lowest BCUT2D eigenvalue weighted by Crippen LogP contribution is -1.97. The van der Waals surface area contributed by atoms with Gasteiger partial charge in [-0.3, -0.25) is 0 Å². The van der Waals surface area contributed by atoms with Gasteiger partial charge >= 0.3 is 11.9 Å². The van der Waals surface area contributed by atoms with E-state index in [4.69, 9.17) is 14.6 Å². The Balaban J connectivity index is 2.23. The van der Waals surface area contributed by atoms with E-state index in [-0.39, 0.29) is 17.1 Å². The van der Waals surface area contributed by atoms with Gasteiger partial charge in [-0.05, 0) is 18.6 Å². The maximum atomic E-state index is 11.0. The first-order chi connectivity index (χ1) is 9.01. The number of carboxylic acid groups (broad SMARTS) is 2. The van der Waals surface area contributed by atoms with Crippen LogP contribution in [-0.4, -0.2) is 27.1 Å². The van der Waals surface area contributed by atoms with Crippen LogP contribution in [0.5, 0.6) is 0 Å². The van der Waals surface area contributed by atoms with Crippen LogP contribution in [0.25, 0.3) is 0 Å². The monoisotopic (exact) mass is 281 g/mol. The highest BCUT2D eigenvalue weighted by Crippen LogP contribution is 2.22. The number of aryl methyl sites for hydroxylation is 1. The molecule has 100 valence electrons. The van der Waals surface area contributed by atoms with Gasteiger partial charge in [0.15, 0.2) is 0 Å². The van der Waals surface area contributed by atoms with E-state index in [0.717, 1.165) is 11.3 Å². The van der Waals surface area contributed by atoms with Gasteiger partial charge in [-0.15, -0.1) is 11.3 Å². The molecule has 19 heavy (non-hydrogen) atoms. The number of carbonyl (C=O) groups is 2. The number of nitrogens with zero attached hydrogens (tertiary/aromatic N) is 1. The van der Waals surface area contributed by atoms with E-state index in [1.165, 1.54) is 6.07 Å². The average Bonchev–Trinajstić information content (AvgIpc) is 2.96. The van der Waals surface area contributed by atoms with Crippen LogP contribution in [0.1, 0.15) is 43.6 Å². The zero-order chi connectivity index (χ0) is 14.0. The molecule has 0 spiro atoms. The third-order valence-electron chi connectivity index (χ3n) is 2.47. The first-order valence-electron chi connectivity index (χ1n) is 5.55. The van der Waals surface area contributed by atoms with Gasteiger partial charge in [0.2, 0.25) is 5.76 Å². The minimum absolute atomic E-state index is 0.138. The van der Waals surface area contributed by atoms with Crippen molar-refractivity contribution in [1.29, 1.82) is 0 Å². The SMILES string of the molecule is CCc1nc(Cc2ccc(C(=O)O)o2)sc1C(=O)O. The van der Waals surface area contributed by atoms with Gasteiger partial charge in [-0.25, -0.2) is 14.6 Å². The molecule has 2 N–H and O–H groups in total. The summed E-state index contributed by atoms with van der Waals surface area (Å²) in [6.07, 6.45) is 0.828. The van der Waals surface area contributed by atoms with Crippen molar-refractivity contribution in [2.75, 3.05) is 0 Å².